The Balaban J connectivity index is 5.26. The average Bonchev–Trinajstić information content (AvgIpc) is 2.13. The van der Waals surface area contributed by atoms with Crippen LogP contribution in [0.2, 0.25) is 0 Å². The maximum atomic E-state index is 12.1. The van der Waals surface area contributed by atoms with Crippen molar-refractivity contribution < 1.29 is 9.59 Å². The number of carbonyl (C=O) groups excluding carboxylic acids is 2. The molecular formula is C13H24O2. The van der Waals surface area contributed by atoms with Gasteiger partial charge in [-0.25, -0.2) is 0 Å². The summed E-state index contributed by atoms with van der Waals surface area (Å²) in [6.45, 7) is 13.1. The molecule has 0 aromatic heterocycles. The van der Waals surface area contributed by atoms with E-state index in [0.29, 0.717) is 0 Å². The van der Waals surface area contributed by atoms with Crippen molar-refractivity contribution in [2.45, 2.75) is 48.5 Å². The van der Waals surface area contributed by atoms with E-state index in [2.05, 4.69) is 0 Å². The minimum Gasteiger partial charge on any atom is -0.298 e. The minimum absolute atomic E-state index is 0.0577. The second-order valence-corrected chi connectivity index (χ2v) is 5.39. The van der Waals surface area contributed by atoms with Gasteiger partial charge in [0.2, 0.25) is 0 Å². The fourth-order valence-corrected chi connectivity index (χ4v) is 1.89. The van der Waals surface area contributed by atoms with Crippen LogP contribution in [0.5, 0.6) is 0 Å². The number of rotatable bonds is 5. The van der Waals surface area contributed by atoms with Gasteiger partial charge in [-0.15, -0.1) is 0 Å². The maximum Gasteiger partial charge on any atom is 0.148 e. The lowest BCUT2D eigenvalue weighted by Crippen LogP contribution is -2.45. The van der Waals surface area contributed by atoms with Gasteiger partial charge in [0.1, 0.15) is 11.6 Å². The van der Waals surface area contributed by atoms with E-state index in [1.165, 1.54) is 0 Å². The summed E-state index contributed by atoms with van der Waals surface area (Å²) in [5.41, 5.74) is -0.817. The Kier molecular flexibility index (Phi) is 4.69. The molecule has 0 saturated heterocycles. The zero-order valence-corrected chi connectivity index (χ0v) is 11.0. The summed E-state index contributed by atoms with van der Waals surface area (Å²) in [5.74, 6) is 0.0231. The molecule has 0 amide bonds. The molecule has 0 aliphatic heterocycles. The van der Waals surface area contributed by atoms with E-state index in [1.54, 1.807) is 6.92 Å². The van der Waals surface area contributed by atoms with Crippen LogP contribution in [0, 0.1) is 23.2 Å². The Morgan fingerprint density at radius 3 is 1.20 bits per heavy atom. The van der Waals surface area contributed by atoms with Gasteiger partial charge in [0, 0.05) is 11.8 Å². The highest BCUT2D eigenvalue weighted by Gasteiger charge is 2.44. The van der Waals surface area contributed by atoms with Crippen LogP contribution in [-0.4, -0.2) is 11.6 Å². The molecular weight excluding hydrogens is 188 g/mol. The number of hydrogen-bond acceptors (Lipinski definition) is 2. The Bertz CT molecular complexity index is 229. The molecule has 88 valence electrons. The largest absolute Gasteiger partial charge is 0.298 e. The van der Waals surface area contributed by atoms with Crippen LogP contribution in [0.1, 0.15) is 48.5 Å². The predicted molar refractivity (Wildman–Crippen MR) is 62.6 cm³/mol. The quantitative estimate of drug-likeness (QED) is 0.656. The van der Waals surface area contributed by atoms with Gasteiger partial charge in [-0.3, -0.25) is 9.59 Å². The maximum absolute atomic E-state index is 12.1. The zero-order chi connectivity index (χ0) is 12.4. The lowest BCUT2D eigenvalue weighted by molar-refractivity contribution is -0.146. The molecule has 2 heteroatoms. The molecule has 15 heavy (non-hydrogen) atoms. The summed E-state index contributed by atoms with van der Waals surface area (Å²) >= 11 is 0. The number of Topliss-reactive ketones (excluding diaryl/α,β-unsaturated/α-hetero) is 2. The van der Waals surface area contributed by atoms with E-state index in [1.807, 2.05) is 41.5 Å². The Morgan fingerprint density at radius 2 is 1.07 bits per heavy atom. The fraction of sp³-hybridized carbons (Fsp3) is 0.846. The summed E-state index contributed by atoms with van der Waals surface area (Å²) in [6, 6.07) is 0. The third kappa shape index (κ3) is 2.67. The third-order valence-corrected chi connectivity index (χ3v) is 3.23. The SMILES string of the molecule is CC(C)C(=O)C(C)(C(=O)C(C)C)C(C)C. The van der Waals surface area contributed by atoms with E-state index in [-0.39, 0.29) is 29.3 Å². The van der Waals surface area contributed by atoms with Crippen molar-refractivity contribution >= 4 is 11.6 Å². The second-order valence-electron chi connectivity index (χ2n) is 5.39. The lowest BCUT2D eigenvalue weighted by Gasteiger charge is -2.33. The van der Waals surface area contributed by atoms with Gasteiger partial charge in [-0.1, -0.05) is 41.5 Å². The van der Waals surface area contributed by atoms with Gasteiger partial charge in [-0.05, 0) is 12.8 Å². The van der Waals surface area contributed by atoms with Crippen molar-refractivity contribution in [1.29, 1.82) is 0 Å². The first kappa shape index (κ1) is 14.3. The molecule has 0 bridgehead atoms. The molecule has 0 radical (unpaired) electrons. The van der Waals surface area contributed by atoms with Gasteiger partial charge in [-0.2, -0.15) is 0 Å². The van der Waals surface area contributed by atoms with Crippen LogP contribution in [-0.2, 0) is 9.59 Å². The van der Waals surface area contributed by atoms with Crippen molar-refractivity contribution in [2.75, 3.05) is 0 Å². The average molecular weight is 212 g/mol. The summed E-state index contributed by atoms with van der Waals surface area (Å²) in [4.78, 5) is 24.3. The van der Waals surface area contributed by atoms with Crippen LogP contribution < -0.4 is 0 Å². The molecule has 2 nitrogen and oxygen atoms in total. The predicted octanol–water partition coefficient (Wildman–Crippen LogP) is 3.10. The second kappa shape index (κ2) is 4.91. The highest BCUT2D eigenvalue weighted by molar-refractivity contribution is 6.08. The molecule has 0 aliphatic rings. The van der Waals surface area contributed by atoms with Crippen molar-refractivity contribution in [3.8, 4) is 0 Å². The smallest absolute Gasteiger partial charge is 0.148 e. The van der Waals surface area contributed by atoms with E-state index in [9.17, 15) is 9.59 Å². The van der Waals surface area contributed by atoms with E-state index < -0.39 is 5.41 Å². The molecule has 0 aromatic carbocycles. The summed E-state index contributed by atoms with van der Waals surface area (Å²) in [5, 5.41) is 0. The summed E-state index contributed by atoms with van der Waals surface area (Å²) in [7, 11) is 0. The Hall–Kier alpha value is -0.660. The zero-order valence-electron chi connectivity index (χ0n) is 11.0. The molecule has 0 spiro atoms. The highest BCUT2D eigenvalue weighted by Crippen LogP contribution is 2.34. The lowest BCUT2D eigenvalue weighted by atomic mass is 9.67. The topological polar surface area (TPSA) is 34.1 Å². The van der Waals surface area contributed by atoms with E-state index >= 15 is 0 Å². The van der Waals surface area contributed by atoms with Gasteiger partial charge in [0.25, 0.3) is 0 Å². The molecule has 0 aliphatic carbocycles. The standard InChI is InChI=1S/C13H24O2/c1-8(2)11(14)13(7,10(5)6)12(15)9(3)4/h8-10H,1-7H3. The van der Waals surface area contributed by atoms with Crippen LogP contribution in [0.25, 0.3) is 0 Å². The molecule has 0 heterocycles. The van der Waals surface area contributed by atoms with E-state index in [0.717, 1.165) is 0 Å². The van der Waals surface area contributed by atoms with Crippen molar-refractivity contribution in [3.05, 3.63) is 0 Å². The Morgan fingerprint density at radius 1 is 0.800 bits per heavy atom. The van der Waals surface area contributed by atoms with Crippen LogP contribution in [0.4, 0.5) is 0 Å². The number of hydrogen-bond donors (Lipinski definition) is 0. The molecule has 0 atom stereocenters. The Labute approximate surface area is 93.4 Å². The molecule has 0 fully saturated rings. The van der Waals surface area contributed by atoms with Gasteiger partial charge >= 0.3 is 0 Å². The third-order valence-electron chi connectivity index (χ3n) is 3.23. The molecule has 0 aromatic rings. The molecule has 0 rings (SSSR count). The fourth-order valence-electron chi connectivity index (χ4n) is 1.89. The summed E-state index contributed by atoms with van der Waals surface area (Å²) < 4.78 is 0. The molecule has 0 saturated carbocycles. The van der Waals surface area contributed by atoms with Gasteiger partial charge < -0.3 is 0 Å². The van der Waals surface area contributed by atoms with Crippen molar-refractivity contribution in [3.63, 3.8) is 0 Å². The van der Waals surface area contributed by atoms with Crippen LogP contribution in [0.15, 0.2) is 0 Å². The van der Waals surface area contributed by atoms with Gasteiger partial charge in [0.15, 0.2) is 0 Å². The number of carbonyl (C=O) groups is 2. The van der Waals surface area contributed by atoms with Crippen molar-refractivity contribution in [1.82, 2.24) is 0 Å². The van der Waals surface area contributed by atoms with Crippen LogP contribution >= 0.6 is 0 Å². The normalized spacial score (nSPS) is 12.7. The highest BCUT2D eigenvalue weighted by atomic mass is 16.2. The van der Waals surface area contributed by atoms with E-state index in [4.69, 9.17) is 0 Å². The molecule has 0 N–H and O–H groups in total. The summed E-state index contributed by atoms with van der Waals surface area (Å²) in [6.07, 6.45) is 0. The van der Waals surface area contributed by atoms with Crippen LogP contribution in [0.3, 0.4) is 0 Å². The monoisotopic (exact) mass is 212 g/mol. The first-order chi connectivity index (χ1) is 6.65. The molecule has 0 unspecified atom stereocenters. The van der Waals surface area contributed by atoms with Crippen molar-refractivity contribution in [2.24, 2.45) is 23.2 Å². The number of ketones is 2. The van der Waals surface area contributed by atoms with Gasteiger partial charge in [0.05, 0.1) is 5.41 Å². The first-order valence-corrected chi connectivity index (χ1v) is 5.74. The minimum atomic E-state index is -0.817. The first-order valence-electron chi connectivity index (χ1n) is 5.74.